The molecule has 8 rings (SSSR count). The number of aryl methyl sites for hydroxylation is 1. The Bertz CT molecular complexity index is 2040. The number of aromatic nitrogens is 3. The van der Waals surface area contributed by atoms with Crippen LogP contribution in [0.1, 0.15) is 78.4 Å². The van der Waals surface area contributed by atoms with Gasteiger partial charge in [-0.15, -0.1) is 0 Å². The summed E-state index contributed by atoms with van der Waals surface area (Å²) in [6.07, 6.45) is 7.34. The van der Waals surface area contributed by atoms with Crippen molar-refractivity contribution in [2.24, 2.45) is 5.92 Å². The number of ether oxygens (including phenoxy) is 1. The Kier molecular flexibility index (Phi) is 7.12. The molecule has 236 valence electrons. The molecule has 0 bridgehead atoms. The number of hydrogen-bond acceptors (Lipinski definition) is 5. The van der Waals surface area contributed by atoms with Crippen molar-refractivity contribution in [2.75, 3.05) is 19.8 Å². The van der Waals surface area contributed by atoms with Gasteiger partial charge in [0.1, 0.15) is 0 Å². The molecule has 2 saturated heterocycles. The number of carbonyl (C=O) groups is 1. The molecular formula is C36H34F2N4O4. The molecule has 0 saturated carbocycles. The molecule has 0 radical (unpaired) electrons. The van der Waals surface area contributed by atoms with Crippen LogP contribution in [0.15, 0.2) is 64.0 Å². The fourth-order valence-corrected chi connectivity index (χ4v) is 7.66. The second kappa shape index (κ2) is 11.3. The predicted octanol–water partition coefficient (Wildman–Crippen LogP) is 7.19. The molecule has 2 fully saturated rings. The third-order valence-corrected chi connectivity index (χ3v) is 10.1. The first-order valence-corrected chi connectivity index (χ1v) is 16.1. The van der Waals surface area contributed by atoms with Crippen molar-refractivity contribution in [2.45, 2.75) is 57.5 Å². The quantitative estimate of drug-likeness (QED) is 0.207. The van der Waals surface area contributed by atoms with E-state index in [0.717, 1.165) is 84.8 Å². The molecule has 5 aromatic rings. The Labute approximate surface area is 264 Å². The molecule has 0 unspecified atom stereocenters. The van der Waals surface area contributed by atoms with Crippen molar-refractivity contribution < 1.29 is 22.8 Å². The molecule has 3 aromatic heterocycles. The molecule has 6 heterocycles. The fraction of sp³-hybridized carbons (Fsp3) is 0.361. The SMILES string of the molecule is C[C@H](c1ccc(F)c(F)c1)n1ccc2cc(-c3c4c(nc(CCC5CCOCC5)c3-c3cc(=O)[nH]o3)[C@@H]3CCCN3C4=O)ccc21. The van der Waals surface area contributed by atoms with E-state index in [0.29, 0.717) is 41.3 Å². The summed E-state index contributed by atoms with van der Waals surface area (Å²) in [6.45, 7) is 4.15. The summed E-state index contributed by atoms with van der Waals surface area (Å²) < 4.78 is 41.1. The lowest BCUT2D eigenvalue weighted by Crippen LogP contribution is -2.22. The van der Waals surface area contributed by atoms with Gasteiger partial charge in [-0.05, 0) is 92.8 Å². The van der Waals surface area contributed by atoms with Crippen molar-refractivity contribution in [3.05, 3.63) is 99.2 Å². The minimum atomic E-state index is -0.878. The van der Waals surface area contributed by atoms with Gasteiger partial charge in [0.15, 0.2) is 17.4 Å². The minimum absolute atomic E-state index is 0.0419. The van der Waals surface area contributed by atoms with Crippen LogP contribution in [0.4, 0.5) is 8.78 Å². The molecule has 8 nitrogen and oxygen atoms in total. The van der Waals surface area contributed by atoms with Gasteiger partial charge < -0.3 is 18.7 Å². The Morgan fingerprint density at radius 1 is 0.978 bits per heavy atom. The van der Waals surface area contributed by atoms with Gasteiger partial charge >= 0.3 is 0 Å². The van der Waals surface area contributed by atoms with Gasteiger partial charge in [-0.3, -0.25) is 14.6 Å². The zero-order valence-corrected chi connectivity index (χ0v) is 25.5. The number of rotatable bonds is 7. The van der Waals surface area contributed by atoms with Gasteiger partial charge in [0.05, 0.1) is 40.7 Å². The first kappa shape index (κ1) is 28.9. The van der Waals surface area contributed by atoms with E-state index in [1.54, 1.807) is 6.07 Å². The average molecular weight is 625 g/mol. The lowest BCUT2D eigenvalue weighted by atomic mass is 9.87. The van der Waals surface area contributed by atoms with E-state index in [2.05, 4.69) is 5.16 Å². The van der Waals surface area contributed by atoms with Crippen molar-refractivity contribution in [3.63, 3.8) is 0 Å². The normalized spacial score (nSPS) is 18.8. The summed E-state index contributed by atoms with van der Waals surface area (Å²) in [6, 6.07) is 13.1. The summed E-state index contributed by atoms with van der Waals surface area (Å²) in [7, 11) is 0. The molecule has 1 amide bonds. The van der Waals surface area contributed by atoms with Crippen LogP contribution < -0.4 is 5.56 Å². The first-order valence-electron chi connectivity index (χ1n) is 16.1. The third kappa shape index (κ3) is 4.78. The summed E-state index contributed by atoms with van der Waals surface area (Å²) in [5.41, 5.74) is 5.65. The maximum absolute atomic E-state index is 14.1. The molecule has 2 atom stereocenters. The number of halogens is 2. The van der Waals surface area contributed by atoms with E-state index in [4.69, 9.17) is 14.2 Å². The van der Waals surface area contributed by atoms with E-state index in [1.165, 1.54) is 12.1 Å². The highest BCUT2D eigenvalue weighted by Gasteiger charge is 2.44. The zero-order chi connectivity index (χ0) is 31.5. The molecular weight excluding hydrogens is 590 g/mol. The number of nitrogens with one attached hydrogen (secondary N) is 1. The number of fused-ring (bicyclic) bond motifs is 4. The molecule has 0 spiro atoms. The molecule has 3 aliphatic heterocycles. The highest BCUT2D eigenvalue weighted by Crippen LogP contribution is 2.48. The Morgan fingerprint density at radius 3 is 2.61 bits per heavy atom. The third-order valence-electron chi connectivity index (χ3n) is 10.1. The zero-order valence-electron chi connectivity index (χ0n) is 25.5. The number of benzene rings is 2. The highest BCUT2D eigenvalue weighted by molar-refractivity contribution is 6.09. The minimum Gasteiger partial charge on any atom is -0.381 e. The summed E-state index contributed by atoms with van der Waals surface area (Å²) in [5.74, 6) is -0.924. The number of aromatic amines is 1. The molecule has 46 heavy (non-hydrogen) atoms. The maximum atomic E-state index is 14.1. The van der Waals surface area contributed by atoms with E-state index in [-0.39, 0.29) is 23.6 Å². The van der Waals surface area contributed by atoms with Gasteiger partial charge in [-0.25, -0.2) is 8.78 Å². The lowest BCUT2D eigenvalue weighted by Gasteiger charge is -2.23. The van der Waals surface area contributed by atoms with Crippen LogP contribution in [-0.4, -0.2) is 45.3 Å². The number of carbonyl (C=O) groups excluding carboxylic acids is 1. The van der Waals surface area contributed by atoms with Crippen LogP contribution in [-0.2, 0) is 11.2 Å². The van der Waals surface area contributed by atoms with Crippen LogP contribution in [0.3, 0.4) is 0 Å². The largest absolute Gasteiger partial charge is 0.381 e. The van der Waals surface area contributed by atoms with Crippen LogP contribution in [0.5, 0.6) is 0 Å². The second-order valence-electron chi connectivity index (χ2n) is 12.7. The first-order chi connectivity index (χ1) is 22.4. The van der Waals surface area contributed by atoms with Gasteiger partial charge in [-0.1, -0.05) is 12.1 Å². The summed E-state index contributed by atoms with van der Waals surface area (Å²) >= 11 is 0. The molecule has 1 N–H and O–H groups in total. The standard InChI is InChI=1S/C36H34F2N4O4/c1-20(22-5-7-25(37)26(38)18-22)41-14-10-23-17-24(6-9-28(23)41)32-33(30-19-31(43)40-46-30)27(8-4-21-11-15-45-16-12-21)39-35-29-3-2-13-42(29)36(44)34(32)35/h5-7,9-10,14,17-21,29H,2-4,8,11-13,15-16H2,1H3,(H,40,43)/t20-,29+/m1/s1. The fourth-order valence-electron chi connectivity index (χ4n) is 7.66. The smallest absolute Gasteiger partial charge is 0.280 e. The second-order valence-corrected chi connectivity index (χ2v) is 12.7. The monoisotopic (exact) mass is 624 g/mol. The van der Waals surface area contributed by atoms with E-state index in [9.17, 15) is 18.4 Å². The number of nitrogens with zero attached hydrogens (tertiary/aromatic N) is 3. The molecule has 10 heteroatoms. The highest BCUT2D eigenvalue weighted by atomic mass is 19.2. The van der Waals surface area contributed by atoms with Crippen LogP contribution >= 0.6 is 0 Å². The number of hydrogen-bond donors (Lipinski definition) is 1. The average Bonchev–Trinajstić information content (AvgIpc) is 3.87. The molecule has 0 aliphatic carbocycles. The number of amides is 1. The summed E-state index contributed by atoms with van der Waals surface area (Å²) in [5, 5.41) is 3.37. The lowest BCUT2D eigenvalue weighted by molar-refractivity contribution is 0.0639. The molecule has 3 aliphatic rings. The van der Waals surface area contributed by atoms with Crippen molar-refractivity contribution in [1.82, 2.24) is 19.6 Å². The topological polar surface area (TPSA) is 93.4 Å². The van der Waals surface area contributed by atoms with Crippen LogP contribution in [0.2, 0.25) is 0 Å². The van der Waals surface area contributed by atoms with Crippen LogP contribution in [0.25, 0.3) is 33.4 Å². The maximum Gasteiger partial charge on any atom is 0.280 e. The predicted molar refractivity (Wildman–Crippen MR) is 169 cm³/mol. The van der Waals surface area contributed by atoms with E-state index in [1.807, 2.05) is 46.9 Å². The van der Waals surface area contributed by atoms with Crippen LogP contribution in [0, 0.1) is 17.6 Å². The van der Waals surface area contributed by atoms with Gasteiger partial charge in [0, 0.05) is 42.4 Å². The number of pyridine rings is 1. The van der Waals surface area contributed by atoms with Gasteiger partial charge in [-0.2, -0.15) is 5.16 Å². The van der Waals surface area contributed by atoms with Gasteiger partial charge in [0.25, 0.3) is 11.5 Å². The summed E-state index contributed by atoms with van der Waals surface area (Å²) in [4.78, 5) is 33.6. The Balaban J connectivity index is 1.29. The Morgan fingerprint density at radius 2 is 1.83 bits per heavy atom. The van der Waals surface area contributed by atoms with Crippen molar-refractivity contribution in [1.29, 1.82) is 0 Å². The van der Waals surface area contributed by atoms with E-state index >= 15 is 0 Å². The molecule has 2 aromatic carbocycles. The van der Waals surface area contributed by atoms with Crippen molar-refractivity contribution in [3.8, 4) is 22.5 Å². The van der Waals surface area contributed by atoms with Gasteiger partial charge in [0.2, 0.25) is 0 Å². The number of H-pyrrole nitrogens is 1. The Hall–Kier alpha value is -4.57. The van der Waals surface area contributed by atoms with E-state index < -0.39 is 11.6 Å². The van der Waals surface area contributed by atoms with Crippen molar-refractivity contribution >= 4 is 16.8 Å².